The standard InChI is InChI=1S/C11H24N2O/c1-4-14-8-7-13(3)9-11-10(2)5-6-12-11/h10-12H,4-9H2,1-3H3. The van der Waals surface area contributed by atoms with Gasteiger partial charge in [-0.05, 0) is 32.9 Å². The van der Waals surface area contributed by atoms with E-state index in [0.29, 0.717) is 6.04 Å². The molecule has 0 aromatic heterocycles. The third-order valence-electron chi connectivity index (χ3n) is 3.02. The minimum absolute atomic E-state index is 0.682. The molecule has 14 heavy (non-hydrogen) atoms. The van der Waals surface area contributed by atoms with Gasteiger partial charge in [-0.2, -0.15) is 0 Å². The van der Waals surface area contributed by atoms with Crippen LogP contribution in [0.2, 0.25) is 0 Å². The van der Waals surface area contributed by atoms with Crippen molar-refractivity contribution in [3.63, 3.8) is 0 Å². The zero-order valence-electron chi connectivity index (χ0n) is 9.75. The van der Waals surface area contributed by atoms with Gasteiger partial charge in [0, 0.05) is 25.7 Å². The minimum Gasteiger partial charge on any atom is -0.380 e. The molecular formula is C11H24N2O. The zero-order valence-corrected chi connectivity index (χ0v) is 9.75. The maximum atomic E-state index is 5.33. The van der Waals surface area contributed by atoms with Gasteiger partial charge < -0.3 is 15.0 Å². The molecule has 1 rings (SSSR count). The van der Waals surface area contributed by atoms with Crippen LogP contribution in [0.15, 0.2) is 0 Å². The van der Waals surface area contributed by atoms with Gasteiger partial charge in [0.05, 0.1) is 6.61 Å². The van der Waals surface area contributed by atoms with Gasteiger partial charge in [-0.15, -0.1) is 0 Å². The molecule has 1 aliphatic rings. The number of ether oxygens (including phenoxy) is 1. The summed E-state index contributed by atoms with van der Waals surface area (Å²) in [5, 5.41) is 3.55. The molecule has 2 atom stereocenters. The quantitative estimate of drug-likeness (QED) is 0.646. The van der Waals surface area contributed by atoms with Gasteiger partial charge in [0.25, 0.3) is 0 Å². The van der Waals surface area contributed by atoms with Crippen LogP contribution >= 0.6 is 0 Å². The third kappa shape index (κ3) is 3.95. The molecule has 0 radical (unpaired) electrons. The van der Waals surface area contributed by atoms with Crippen molar-refractivity contribution < 1.29 is 4.74 Å². The molecule has 3 nitrogen and oxygen atoms in total. The summed E-state index contributed by atoms with van der Waals surface area (Å²) in [5.41, 5.74) is 0. The summed E-state index contributed by atoms with van der Waals surface area (Å²) < 4.78 is 5.33. The maximum Gasteiger partial charge on any atom is 0.0593 e. The van der Waals surface area contributed by atoms with E-state index in [1.165, 1.54) is 13.0 Å². The van der Waals surface area contributed by atoms with Crippen molar-refractivity contribution in [2.24, 2.45) is 5.92 Å². The maximum absolute atomic E-state index is 5.33. The van der Waals surface area contributed by atoms with E-state index < -0.39 is 0 Å². The van der Waals surface area contributed by atoms with E-state index in [1.54, 1.807) is 0 Å². The first-order valence-corrected chi connectivity index (χ1v) is 5.73. The lowest BCUT2D eigenvalue weighted by Crippen LogP contribution is -2.39. The molecule has 1 fully saturated rings. The van der Waals surface area contributed by atoms with Crippen molar-refractivity contribution in [2.75, 3.05) is 39.9 Å². The molecule has 0 bridgehead atoms. The highest BCUT2D eigenvalue weighted by molar-refractivity contribution is 4.82. The van der Waals surface area contributed by atoms with Gasteiger partial charge >= 0.3 is 0 Å². The topological polar surface area (TPSA) is 24.5 Å². The molecule has 1 saturated heterocycles. The van der Waals surface area contributed by atoms with Crippen molar-refractivity contribution in [1.29, 1.82) is 0 Å². The minimum atomic E-state index is 0.682. The Labute approximate surface area is 87.8 Å². The largest absolute Gasteiger partial charge is 0.380 e. The fourth-order valence-corrected chi connectivity index (χ4v) is 1.94. The smallest absolute Gasteiger partial charge is 0.0593 e. The van der Waals surface area contributed by atoms with E-state index in [-0.39, 0.29) is 0 Å². The Morgan fingerprint density at radius 1 is 1.50 bits per heavy atom. The molecule has 84 valence electrons. The number of nitrogens with one attached hydrogen (secondary N) is 1. The third-order valence-corrected chi connectivity index (χ3v) is 3.02. The second kappa shape index (κ2) is 6.38. The number of likely N-dealkylation sites (N-methyl/N-ethyl adjacent to an activating group) is 1. The first kappa shape index (κ1) is 12.0. The predicted molar refractivity (Wildman–Crippen MR) is 59.6 cm³/mol. The first-order valence-electron chi connectivity index (χ1n) is 5.73. The summed E-state index contributed by atoms with van der Waals surface area (Å²) in [6.45, 7) is 9.43. The Morgan fingerprint density at radius 3 is 2.86 bits per heavy atom. The van der Waals surface area contributed by atoms with E-state index in [2.05, 4.69) is 24.2 Å². The molecule has 0 aromatic carbocycles. The lowest BCUT2D eigenvalue weighted by atomic mass is 10.0. The highest BCUT2D eigenvalue weighted by Crippen LogP contribution is 2.14. The average molecular weight is 200 g/mol. The summed E-state index contributed by atoms with van der Waals surface area (Å²) in [6.07, 6.45) is 1.32. The average Bonchev–Trinajstić information content (AvgIpc) is 2.52. The number of hydrogen-bond acceptors (Lipinski definition) is 3. The highest BCUT2D eigenvalue weighted by Gasteiger charge is 2.23. The second-order valence-corrected chi connectivity index (χ2v) is 4.29. The lowest BCUT2D eigenvalue weighted by Gasteiger charge is -2.23. The van der Waals surface area contributed by atoms with Crippen LogP contribution in [0.3, 0.4) is 0 Å². The molecule has 0 spiro atoms. The Hall–Kier alpha value is -0.120. The summed E-state index contributed by atoms with van der Waals surface area (Å²) >= 11 is 0. The monoisotopic (exact) mass is 200 g/mol. The first-order chi connectivity index (χ1) is 6.74. The number of nitrogens with zero attached hydrogens (tertiary/aromatic N) is 1. The van der Waals surface area contributed by atoms with Crippen LogP contribution in [0.4, 0.5) is 0 Å². The van der Waals surface area contributed by atoms with Gasteiger partial charge in [0.15, 0.2) is 0 Å². The van der Waals surface area contributed by atoms with Crippen LogP contribution < -0.4 is 5.32 Å². The van der Waals surface area contributed by atoms with E-state index in [0.717, 1.165) is 32.2 Å². The normalized spacial score (nSPS) is 27.4. The SMILES string of the molecule is CCOCCN(C)CC1NCCC1C. The van der Waals surface area contributed by atoms with Crippen molar-refractivity contribution >= 4 is 0 Å². The number of hydrogen-bond donors (Lipinski definition) is 1. The van der Waals surface area contributed by atoms with Crippen LogP contribution in [0.5, 0.6) is 0 Å². The molecule has 2 unspecified atom stereocenters. The summed E-state index contributed by atoms with van der Waals surface area (Å²) in [4.78, 5) is 2.36. The second-order valence-electron chi connectivity index (χ2n) is 4.29. The Balaban J connectivity index is 2.09. The highest BCUT2D eigenvalue weighted by atomic mass is 16.5. The number of rotatable bonds is 6. The lowest BCUT2D eigenvalue weighted by molar-refractivity contribution is 0.118. The van der Waals surface area contributed by atoms with Crippen LogP contribution in [-0.4, -0.2) is 50.8 Å². The molecule has 0 saturated carbocycles. The predicted octanol–water partition coefficient (Wildman–Crippen LogP) is 0.953. The molecule has 3 heteroatoms. The molecule has 1 heterocycles. The van der Waals surface area contributed by atoms with E-state index in [1.807, 2.05) is 6.92 Å². The molecule has 1 N–H and O–H groups in total. The fraction of sp³-hybridized carbons (Fsp3) is 1.00. The molecule has 0 amide bonds. The van der Waals surface area contributed by atoms with Crippen LogP contribution in [0, 0.1) is 5.92 Å². The van der Waals surface area contributed by atoms with Crippen molar-refractivity contribution in [1.82, 2.24) is 10.2 Å². The van der Waals surface area contributed by atoms with E-state index in [4.69, 9.17) is 4.74 Å². The molecule has 0 aliphatic carbocycles. The van der Waals surface area contributed by atoms with Gasteiger partial charge in [-0.3, -0.25) is 0 Å². The van der Waals surface area contributed by atoms with Crippen LogP contribution in [0.25, 0.3) is 0 Å². The summed E-state index contributed by atoms with van der Waals surface area (Å²) in [6, 6.07) is 0.682. The Morgan fingerprint density at radius 2 is 2.29 bits per heavy atom. The van der Waals surface area contributed by atoms with Crippen LogP contribution in [-0.2, 0) is 4.74 Å². The van der Waals surface area contributed by atoms with Crippen LogP contribution in [0.1, 0.15) is 20.3 Å². The van der Waals surface area contributed by atoms with Gasteiger partial charge in [-0.1, -0.05) is 6.92 Å². The molecule has 1 aliphatic heterocycles. The van der Waals surface area contributed by atoms with Crippen molar-refractivity contribution in [3.8, 4) is 0 Å². The van der Waals surface area contributed by atoms with E-state index >= 15 is 0 Å². The van der Waals surface area contributed by atoms with E-state index in [9.17, 15) is 0 Å². The Bertz CT molecular complexity index is 152. The molecule has 0 aromatic rings. The van der Waals surface area contributed by atoms with Crippen molar-refractivity contribution in [2.45, 2.75) is 26.3 Å². The van der Waals surface area contributed by atoms with Gasteiger partial charge in [0.2, 0.25) is 0 Å². The van der Waals surface area contributed by atoms with Crippen molar-refractivity contribution in [3.05, 3.63) is 0 Å². The van der Waals surface area contributed by atoms with Gasteiger partial charge in [-0.25, -0.2) is 0 Å². The summed E-state index contributed by atoms with van der Waals surface area (Å²) in [5.74, 6) is 0.824. The Kier molecular flexibility index (Phi) is 5.45. The molecular weight excluding hydrogens is 176 g/mol. The fourth-order valence-electron chi connectivity index (χ4n) is 1.94. The summed E-state index contributed by atoms with van der Waals surface area (Å²) in [7, 11) is 2.17. The van der Waals surface area contributed by atoms with Gasteiger partial charge in [0.1, 0.15) is 0 Å². The zero-order chi connectivity index (χ0) is 10.4.